The summed E-state index contributed by atoms with van der Waals surface area (Å²) in [6, 6.07) is 10.6. The van der Waals surface area contributed by atoms with Gasteiger partial charge in [-0.1, -0.05) is 33.6 Å². The maximum absolute atomic E-state index is 14.7. The monoisotopic (exact) mass is 405 g/mol. The summed E-state index contributed by atoms with van der Waals surface area (Å²) in [5.41, 5.74) is 1.42. The minimum absolute atomic E-state index is 0.303. The van der Waals surface area contributed by atoms with Crippen LogP contribution in [-0.2, 0) is 0 Å². The second kappa shape index (κ2) is 5.68. The van der Waals surface area contributed by atoms with Gasteiger partial charge in [-0.3, -0.25) is 4.40 Å². The third kappa shape index (κ3) is 2.40. The Balaban J connectivity index is 2.06. The number of benzene rings is 2. The summed E-state index contributed by atoms with van der Waals surface area (Å²) in [5, 5.41) is 8.50. The lowest BCUT2D eigenvalue weighted by Gasteiger charge is -2.21. The summed E-state index contributed by atoms with van der Waals surface area (Å²) in [6.45, 7) is 0. The summed E-state index contributed by atoms with van der Waals surface area (Å²) in [5.74, 6) is 0.372. The van der Waals surface area contributed by atoms with Crippen LogP contribution in [0.4, 0.5) is 15.9 Å². The minimum atomic E-state index is -0.447. The molecule has 0 fully saturated rings. The highest BCUT2D eigenvalue weighted by atomic mass is 79.9. The van der Waals surface area contributed by atoms with E-state index < -0.39 is 5.82 Å². The molecule has 0 aliphatic carbocycles. The van der Waals surface area contributed by atoms with Gasteiger partial charge in [0.05, 0.1) is 10.9 Å². The Morgan fingerprint density at radius 2 is 2.08 bits per heavy atom. The van der Waals surface area contributed by atoms with Crippen molar-refractivity contribution in [3.05, 3.63) is 58.0 Å². The number of aromatic nitrogens is 4. The Morgan fingerprint density at radius 1 is 1.25 bits per heavy atom. The zero-order valence-corrected chi connectivity index (χ0v) is 14.8. The summed E-state index contributed by atoms with van der Waals surface area (Å²) in [7, 11) is 1.82. The van der Waals surface area contributed by atoms with Gasteiger partial charge in [-0.25, -0.2) is 4.39 Å². The van der Waals surface area contributed by atoms with Crippen LogP contribution in [0.3, 0.4) is 0 Å². The van der Waals surface area contributed by atoms with Crippen LogP contribution in [0, 0.1) is 5.82 Å². The zero-order valence-electron chi connectivity index (χ0n) is 12.4. The topological polar surface area (TPSA) is 46.3 Å². The maximum atomic E-state index is 14.7. The van der Waals surface area contributed by atoms with Crippen LogP contribution in [0.5, 0.6) is 0 Å². The van der Waals surface area contributed by atoms with Gasteiger partial charge < -0.3 is 4.90 Å². The lowest BCUT2D eigenvalue weighted by Crippen LogP contribution is -2.13. The molecule has 0 radical (unpaired) electrons. The van der Waals surface area contributed by atoms with Crippen molar-refractivity contribution in [2.75, 3.05) is 11.9 Å². The molecule has 2 aromatic heterocycles. The molecule has 8 heteroatoms. The molecular formula is C16H10BrClFN5. The average Bonchev–Trinajstić information content (AvgIpc) is 3.02. The quantitative estimate of drug-likeness (QED) is 0.488. The normalized spacial score (nSPS) is 11.3. The van der Waals surface area contributed by atoms with Gasteiger partial charge in [0.25, 0.3) is 5.78 Å². The highest BCUT2D eigenvalue weighted by Gasteiger charge is 2.18. The average molecular weight is 407 g/mol. The first-order valence-corrected chi connectivity index (χ1v) is 8.19. The van der Waals surface area contributed by atoms with E-state index in [1.165, 1.54) is 12.4 Å². The molecule has 120 valence electrons. The van der Waals surface area contributed by atoms with Crippen LogP contribution in [0.25, 0.3) is 16.7 Å². The number of fused-ring (bicyclic) bond motifs is 3. The van der Waals surface area contributed by atoms with Crippen molar-refractivity contribution in [1.82, 2.24) is 19.6 Å². The maximum Gasteiger partial charge on any atom is 0.257 e. The van der Waals surface area contributed by atoms with E-state index in [-0.39, 0.29) is 0 Å². The van der Waals surface area contributed by atoms with Crippen LogP contribution in [0.15, 0.2) is 47.2 Å². The van der Waals surface area contributed by atoms with Crippen LogP contribution < -0.4 is 4.90 Å². The van der Waals surface area contributed by atoms with Crippen LogP contribution >= 0.6 is 27.5 Å². The lowest BCUT2D eigenvalue weighted by atomic mass is 10.2. The molecule has 4 aromatic rings. The molecule has 0 spiro atoms. The van der Waals surface area contributed by atoms with Gasteiger partial charge in [0, 0.05) is 22.2 Å². The second-order valence-corrected chi connectivity index (χ2v) is 6.61. The van der Waals surface area contributed by atoms with E-state index in [1.54, 1.807) is 15.4 Å². The molecule has 0 aliphatic rings. The van der Waals surface area contributed by atoms with E-state index in [1.807, 2.05) is 31.3 Å². The Hall–Kier alpha value is -2.25. The predicted molar refractivity (Wildman–Crippen MR) is 95.5 cm³/mol. The highest BCUT2D eigenvalue weighted by Crippen LogP contribution is 2.34. The van der Waals surface area contributed by atoms with Gasteiger partial charge in [0.15, 0.2) is 0 Å². The molecular weight excluding hydrogens is 397 g/mol. The van der Waals surface area contributed by atoms with Crippen molar-refractivity contribution < 1.29 is 4.39 Å². The fraction of sp³-hybridized carbons (Fsp3) is 0.0625. The van der Waals surface area contributed by atoms with Crippen molar-refractivity contribution in [3.8, 4) is 0 Å². The summed E-state index contributed by atoms with van der Waals surface area (Å²) >= 11 is 9.47. The van der Waals surface area contributed by atoms with E-state index in [2.05, 4.69) is 31.1 Å². The molecule has 0 unspecified atom stereocenters. The fourth-order valence-electron chi connectivity index (χ4n) is 2.65. The molecule has 24 heavy (non-hydrogen) atoms. The van der Waals surface area contributed by atoms with E-state index in [9.17, 15) is 4.39 Å². The standard InChI is InChI=1S/C16H10BrClFN5/c1-23(11-4-2-3-9(17)5-11)15-14-12(19)6-10(18)7-13(14)24-8-20-22-16(24)21-15/h2-8H,1H3. The molecule has 0 aliphatic heterocycles. The van der Waals surface area contributed by atoms with E-state index in [0.717, 1.165) is 10.2 Å². The van der Waals surface area contributed by atoms with Gasteiger partial charge in [0.1, 0.15) is 18.0 Å². The molecule has 0 saturated carbocycles. The Kier molecular flexibility index (Phi) is 3.62. The Morgan fingerprint density at radius 3 is 2.88 bits per heavy atom. The SMILES string of the molecule is CN(c1cccc(Br)c1)c1nc2nncn2c2cc(Cl)cc(F)c12. The number of hydrogen-bond donors (Lipinski definition) is 0. The zero-order chi connectivity index (χ0) is 16.8. The number of rotatable bonds is 2. The van der Waals surface area contributed by atoms with Gasteiger partial charge in [-0.15, -0.1) is 10.2 Å². The van der Waals surface area contributed by atoms with Gasteiger partial charge in [-0.2, -0.15) is 4.98 Å². The fourth-order valence-corrected chi connectivity index (χ4v) is 3.23. The van der Waals surface area contributed by atoms with Gasteiger partial charge >= 0.3 is 0 Å². The van der Waals surface area contributed by atoms with Gasteiger partial charge in [0.2, 0.25) is 0 Å². The van der Waals surface area contributed by atoms with E-state index in [4.69, 9.17) is 11.6 Å². The minimum Gasteiger partial charge on any atom is -0.329 e. The first-order valence-electron chi connectivity index (χ1n) is 7.02. The third-order valence-electron chi connectivity index (χ3n) is 3.77. The Labute approximate surface area is 149 Å². The van der Waals surface area contributed by atoms with Crippen molar-refractivity contribution in [3.63, 3.8) is 0 Å². The summed E-state index contributed by atoms with van der Waals surface area (Å²) < 4.78 is 17.2. The van der Waals surface area contributed by atoms with Crippen molar-refractivity contribution in [2.24, 2.45) is 0 Å². The smallest absolute Gasteiger partial charge is 0.257 e. The largest absolute Gasteiger partial charge is 0.329 e. The van der Waals surface area contributed by atoms with Crippen LogP contribution in [0.2, 0.25) is 5.02 Å². The molecule has 0 N–H and O–H groups in total. The van der Waals surface area contributed by atoms with Crippen molar-refractivity contribution in [2.45, 2.75) is 0 Å². The first kappa shape index (κ1) is 15.3. The van der Waals surface area contributed by atoms with Crippen molar-refractivity contribution in [1.29, 1.82) is 0 Å². The molecule has 2 heterocycles. The molecule has 0 saturated heterocycles. The number of hydrogen-bond acceptors (Lipinski definition) is 4. The molecule has 0 bridgehead atoms. The van der Waals surface area contributed by atoms with E-state index in [0.29, 0.717) is 27.5 Å². The van der Waals surface area contributed by atoms with Gasteiger partial charge in [-0.05, 0) is 30.3 Å². The third-order valence-corrected chi connectivity index (χ3v) is 4.48. The number of halogens is 3. The number of nitrogens with zero attached hydrogens (tertiary/aromatic N) is 5. The molecule has 0 atom stereocenters. The number of anilines is 2. The predicted octanol–water partition coefficient (Wildman–Crippen LogP) is 4.60. The van der Waals surface area contributed by atoms with Crippen molar-refractivity contribution >= 4 is 55.7 Å². The highest BCUT2D eigenvalue weighted by molar-refractivity contribution is 9.10. The second-order valence-electron chi connectivity index (χ2n) is 5.26. The molecule has 4 rings (SSSR count). The first-order chi connectivity index (χ1) is 11.5. The Bertz CT molecular complexity index is 1080. The molecule has 5 nitrogen and oxygen atoms in total. The van der Waals surface area contributed by atoms with Crippen LogP contribution in [-0.4, -0.2) is 26.6 Å². The van der Waals surface area contributed by atoms with Crippen LogP contribution in [0.1, 0.15) is 0 Å². The summed E-state index contributed by atoms with van der Waals surface area (Å²) in [6.07, 6.45) is 1.49. The molecule has 0 amide bonds. The molecule has 2 aromatic carbocycles. The van der Waals surface area contributed by atoms with E-state index >= 15 is 0 Å². The lowest BCUT2D eigenvalue weighted by molar-refractivity contribution is 0.639. The summed E-state index contributed by atoms with van der Waals surface area (Å²) in [4.78, 5) is 6.28.